The maximum atomic E-state index is 12.0. The molecule has 0 unspecified atom stereocenters. The first kappa shape index (κ1) is 13.7. The maximum absolute atomic E-state index is 12.0. The number of carbonyl (C=O) groups excluding carboxylic acids is 1. The highest BCUT2D eigenvalue weighted by Crippen LogP contribution is 2.16. The maximum Gasteiger partial charge on any atom is 0.270 e. The highest BCUT2D eigenvalue weighted by Gasteiger charge is 2.08. The molecular weight excluding hydrogens is 282 g/mol. The topological polar surface area (TPSA) is 104 Å². The molecule has 1 amide bonds. The Labute approximate surface area is 125 Å². The van der Waals surface area contributed by atoms with Gasteiger partial charge in [0.25, 0.3) is 5.91 Å². The number of hydrogen-bond acceptors (Lipinski definition) is 4. The molecule has 22 heavy (non-hydrogen) atoms. The Morgan fingerprint density at radius 2 is 2.05 bits per heavy atom. The number of aromatic amines is 2. The molecule has 0 aliphatic carbocycles. The minimum Gasteiger partial charge on any atom is -0.345 e. The fourth-order valence-corrected chi connectivity index (χ4v) is 1.97. The van der Waals surface area contributed by atoms with Crippen LogP contribution >= 0.6 is 0 Å². The van der Waals surface area contributed by atoms with Crippen molar-refractivity contribution in [2.45, 2.75) is 6.54 Å². The average molecular weight is 295 g/mol. The molecule has 0 bridgehead atoms. The number of H-pyrrole nitrogens is 2. The van der Waals surface area contributed by atoms with Gasteiger partial charge in [-0.05, 0) is 12.1 Å². The molecule has 3 aromatic heterocycles. The lowest BCUT2D eigenvalue weighted by molar-refractivity contribution is 0.0945. The zero-order valence-electron chi connectivity index (χ0n) is 11.5. The number of hydrogen-bond donors (Lipinski definition) is 3. The van der Waals surface area contributed by atoms with Crippen molar-refractivity contribution in [3.05, 3.63) is 70.7 Å². The molecule has 0 atom stereocenters. The third-order valence-corrected chi connectivity index (χ3v) is 3.10. The van der Waals surface area contributed by atoms with Gasteiger partial charge in [-0.2, -0.15) is 5.10 Å². The van der Waals surface area contributed by atoms with Crippen molar-refractivity contribution in [1.82, 2.24) is 25.5 Å². The average Bonchev–Trinajstić information content (AvgIpc) is 3.07. The molecule has 110 valence electrons. The van der Waals surface area contributed by atoms with Crippen LogP contribution in [0.5, 0.6) is 0 Å². The molecule has 0 aromatic carbocycles. The first-order chi connectivity index (χ1) is 10.7. The molecule has 0 aliphatic heterocycles. The van der Waals surface area contributed by atoms with Crippen molar-refractivity contribution in [2.24, 2.45) is 0 Å². The van der Waals surface area contributed by atoms with E-state index in [0.717, 1.165) is 11.1 Å². The Kier molecular flexibility index (Phi) is 3.78. The summed E-state index contributed by atoms with van der Waals surface area (Å²) in [5.41, 5.74) is 2.52. The highest BCUT2D eigenvalue weighted by atomic mass is 16.2. The van der Waals surface area contributed by atoms with Crippen LogP contribution in [0.15, 0.2) is 53.7 Å². The van der Waals surface area contributed by atoms with Gasteiger partial charge in [0.1, 0.15) is 5.69 Å². The monoisotopic (exact) mass is 295 g/mol. The van der Waals surface area contributed by atoms with Crippen molar-refractivity contribution in [3.63, 3.8) is 0 Å². The SMILES string of the molecule is O=C(NCc1cccc(=O)[nH]1)c1ccc(-c2cn[nH]c2)cn1. The van der Waals surface area contributed by atoms with Gasteiger partial charge < -0.3 is 10.3 Å². The highest BCUT2D eigenvalue weighted by molar-refractivity contribution is 5.92. The molecule has 3 aromatic rings. The van der Waals surface area contributed by atoms with Crippen LogP contribution in [0.25, 0.3) is 11.1 Å². The van der Waals surface area contributed by atoms with E-state index in [1.54, 1.807) is 42.9 Å². The molecule has 3 rings (SSSR count). The van der Waals surface area contributed by atoms with Crippen molar-refractivity contribution in [1.29, 1.82) is 0 Å². The summed E-state index contributed by atoms with van der Waals surface area (Å²) in [6, 6.07) is 8.24. The van der Waals surface area contributed by atoms with E-state index in [9.17, 15) is 9.59 Å². The normalized spacial score (nSPS) is 10.4. The standard InChI is InChI=1S/C15H13N5O2/c21-14-3-1-2-12(20-14)9-17-15(22)13-5-4-10(6-16-13)11-7-18-19-8-11/h1-8H,9H2,(H,17,22)(H,18,19)(H,20,21). The van der Waals surface area contributed by atoms with E-state index in [4.69, 9.17) is 0 Å². The summed E-state index contributed by atoms with van der Waals surface area (Å²) >= 11 is 0. The van der Waals surface area contributed by atoms with Crippen LogP contribution in [0.4, 0.5) is 0 Å². The molecule has 3 N–H and O–H groups in total. The summed E-state index contributed by atoms with van der Waals surface area (Å²) in [7, 11) is 0. The lowest BCUT2D eigenvalue weighted by Gasteiger charge is -2.05. The van der Waals surface area contributed by atoms with Crippen LogP contribution < -0.4 is 10.9 Å². The molecule has 0 saturated heterocycles. The largest absolute Gasteiger partial charge is 0.345 e. The predicted octanol–water partition coefficient (Wildman–Crippen LogP) is 1.09. The van der Waals surface area contributed by atoms with Gasteiger partial charge in [-0.25, -0.2) is 0 Å². The Morgan fingerprint density at radius 1 is 1.14 bits per heavy atom. The van der Waals surface area contributed by atoms with Gasteiger partial charge in [0.05, 0.1) is 12.7 Å². The number of rotatable bonds is 4. The molecular formula is C15H13N5O2. The van der Waals surface area contributed by atoms with Crippen LogP contribution in [0.1, 0.15) is 16.2 Å². The van der Waals surface area contributed by atoms with Crippen LogP contribution in [-0.4, -0.2) is 26.1 Å². The van der Waals surface area contributed by atoms with Gasteiger partial charge in [-0.1, -0.05) is 12.1 Å². The second kappa shape index (κ2) is 6.04. The second-order valence-corrected chi connectivity index (χ2v) is 4.64. The van der Waals surface area contributed by atoms with Crippen LogP contribution in [0, 0.1) is 0 Å². The van der Waals surface area contributed by atoms with E-state index in [1.807, 2.05) is 0 Å². The summed E-state index contributed by atoms with van der Waals surface area (Å²) in [5, 5.41) is 9.29. The third kappa shape index (κ3) is 3.09. The number of carbonyl (C=O) groups is 1. The Morgan fingerprint density at radius 3 is 2.73 bits per heavy atom. The molecule has 7 heteroatoms. The molecule has 0 spiro atoms. The van der Waals surface area contributed by atoms with E-state index in [1.165, 1.54) is 6.07 Å². The van der Waals surface area contributed by atoms with Gasteiger partial charge >= 0.3 is 0 Å². The van der Waals surface area contributed by atoms with E-state index in [-0.39, 0.29) is 18.0 Å². The molecule has 0 radical (unpaired) electrons. The summed E-state index contributed by atoms with van der Waals surface area (Å²) in [6.07, 6.45) is 5.05. The van der Waals surface area contributed by atoms with E-state index in [0.29, 0.717) is 11.4 Å². The number of amides is 1. The van der Waals surface area contributed by atoms with Crippen LogP contribution in [0.2, 0.25) is 0 Å². The number of nitrogens with one attached hydrogen (secondary N) is 3. The zero-order valence-corrected chi connectivity index (χ0v) is 11.5. The number of nitrogens with zero attached hydrogens (tertiary/aromatic N) is 2. The fourth-order valence-electron chi connectivity index (χ4n) is 1.97. The fraction of sp³-hybridized carbons (Fsp3) is 0.0667. The van der Waals surface area contributed by atoms with E-state index < -0.39 is 0 Å². The first-order valence-electron chi connectivity index (χ1n) is 6.64. The van der Waals surface area contributed by atoms with Gasteiger partial charge in [0, 0.05) is 35.3 Å². The van der Waals surface area contributed by atoms with Crippen molar-refractivity contribution in [3.8, 4) is 11.1 Å². The quantitative estimate of drug-likeness (QED) is 0.670. The minimum absolute atomic E-state index is 0.200. The molecule has 7 nitrogen and oxygen atoms in total. The minimum atomic E-state index is -0.302. The summed E-state index contributed by atoms with van der Waals surface area (Å²) in [4.78, 5) is 30.0. The smallest absolute Gasteiger partial charge is 0.270 e. The number of pyridine rings is 2. The van der Waals surface area contributed by atoms with Crippen molar-refractivity contribution in [2.75, 3.05) is 0 Å². The van der Waals surface area contributed by atoms with Gasteiger partial charge in [-0.3, -0.25) is 19.7 Å². The Balaban J connectivity index is 1.66. The molecule has 0 aliphatic rings. The predicted molar refractivity (Wildman–Crippen MR) is 80.1 cm³/mol. The summed E-state index contributed by atoms with van der Waals surface area (Å²) in [5.74, 6) is -0.302. The zero-order chi connectivity index (χ0) is 15.4. The van der Waals surface area contributed by atoms with Gasteiger partial charge in [0.2, 0.25) is 5.56 Å². The Hall–Kier alpha value is -3.22. The summed E-state index contributed by atoms with van der Waals surface area (Å²) < 4.78 is 0. The molecule has 0 saturated carbocycles. The van der Waals surface area contributed by atoms with Gasteiger partial charge in [-0.15, -0.1) is 0 Å². The second-order valence-electron chi connectivity index (χ2n) is 4.64. The van der Waals surface area contributed by atoms with Crippen LogP contribution in [0.3, 0.4) is 0 Å². The third-order valence-electron chi connectivity index (χ3n) is 3.10. The van der Waals surface area contributed by atoms with Crippen molar-refractivity contribution >= 4 is 5.91 Å². The van der Waals surface area contributed by atoms with E-state index in [2.05, 4.69) is 25.5 Å². The molecule has 0 fully saturated rings. The molecule has 3 heterocycles. The summed E-state index contributed by atoms with van der Waals surface area (Å²) in [6.45, 7) is 0.236. The lowest BCUT2D eigenvalue weighted by Crippen LogP contribution is -2.25. The van der Waals surface area contributed by atoms with Gasteiger partial charge in [0.15, 0.2) is 0 Å². The van der Waals surface area contributed by atoms with Crippen molar-refractivity contribution < 1.29 is 4.79 Å². The Bertz CT molecular complexity index is 822. The lowest BCUT2D eigenvalue weighted by atomic mass is 10.1. The van der Waals surface area contributed by atoms with Crippen LogP contribution in [-0.2, 0) is 6.54 Å². The number of aromatic nitrogens is 4. The van der Waals surface area contributed by atoms with E-state index >= 15 is 0 Å². The first-order valence-corrected chi connectivity index (χ1v) is 6.64.